The quantitative estimate of drug-likeness (QED) is 0.768. The molecule has 0 fully saturated rings. The van der Waals surface area contributed by atoms with Gasteiger partial charge in [0.2, 0.25) is 0 Å². The fourth-order valence-electron chi connectivity index (χ4n) is 2.13. The minimum absolute atomic E-state index is 0.122. The third-order valence-electron chi connectivity index (χ3n) is 2.98. The van der Waals surface area contributed by atoms with Crippen LogP contribution in [0.5, 0.6) is 0 Å². The molecular formula is C13H13N3O3S2. The van der Waals surface area contributed by atoms with Crippen molar-refractivity contribution >= 4 is 37.3 Å². The molecule has 0 amide bonds. The molecule has 3 aromatic rings. The van der Waals surface area contributed by atoms with Gasteiger partial charge < -0.3 is 5.11 Å². The third kappa shape index (κ3) is 2.53. The standard InChI is InChI=1S/C13H13N3O3S2/c1-16-7-6-12(14-16)15-21(18,19)13-9-4-2-3-5-10(9)20-11(13)8-17/h2-7,17H,8H2,1H3,(H,14,15). The van der Waals surface area contributed by atoms with Gasteiger partial charge in [-0.3, -0.25) is 9.40 Å². The molecule has 0 aliphatic carbocycles. The predicted octanol–water partition coefficient (Wildman–Crippen LogP) is 1.93. The number of nitrogens with zero attached hydrogens (tertiary/aromatic N) is 2. The minimum atomic E-state index is -3.80. The van der Waals surface area contributed by atoms with Crippen LogP contribution >= 0.6 is 11.3 Å². The number of sulfonamides is 1. The van der Waals surface area contributed by atoms with E-state index in [-0.39, 0.29) is 17.3 Å². The molecule has 0 radical (unpaired) electrons. The molecule has 2 aromatic heterocycles. The number of rotatable bonds is 4. The SMILES string of the molecule is Cn1ccc(NS(=O)(=O)c2c(CO)sc3ccccc23)n1. The molecular weight excluding hydrogens is 310 g/mol. The number of aryl methyl sites for hydroxylation is 1. The van der Waals surface area contributed by atoms with E-state index in [2.05, 4.69) is 9.82 Å². The molecule has 2 heterocycles. The summed E-state index contributed by atoms with van der Waals surface area (Å²) >= 11 is 1.27. The topological polar surface area (TPSA) is 84.2 Å². The summed E-state index contributed by atoms with van der Waals surface area (Å²) in [4.78, 5) is 0.538. The maximum atomic E-state index is 12.6. The molecule has 6 nitrogen and oxygen atoms in total. The first kappa shape index (κ1) is 14.1. The number of hydrogen-bond donors (Lipinski definition) is 2. The molecule has 0 spiro atoms. The van der Waals surface area contributed by atoms with Crippen molar-refractivity contribution in [3.8, 4) is 0 Å². The van der Waals surface area contributed by atoms with Crippen molar-refractivity contribution in [3.63, 3.8) is 0 Å². The lowest BCUT2D eigenvalue weighted by atomic mass is 10.2. The highest BCUT2D eigenvalue weighted by molar-refractivity contribution is 7.93. The van der Waals surface area contributed by atoms with E-state index >= 15 is 0 Å². The van der Waals surface area contributed by atoms with Crippen molar-refractivity contribution in [3.05, 3.63) is 41.4 Å². The molecule has 0 bridgehead atoms. The van der Waals surface area contributed by atoms with E-state index in [0.717, 1.165) is 4.70 Å². The van der Waals surface area contributed by atoms with E-state index < -0.39 is 10.0 Å². The Kier molecular flexibility index (Phi) is 3.44. The van der Waals surface area contributed by atoms with Gasteiger partial charge in [0.15, 0.2) is 5.82 Å². The van der Waals surface area contributed by atoms with E-state index in [1.54, 1.807) is 31.4 Å². The van der Waals surface area contributed by atoms with Crippen molar-refractivity contribution in [2.45, 2.75) is 11.5 Å². The highest BCUT2D eigenvalue weighted by atomic mass is 32.2. The van der Waals surface area contributed by atoms with E-state index in [9.17, 15) is 13.5 Å². The number of nitrogens with one attached hydrogen (secondary N) is 1. The lowest BCUT2D eigenvalue weighted by molar-refractivity contribution is 0.283. The zero-order chi connectivity index (χ0) is 15.0. The Morgan fingerprint density at radius 1 is 1.33 bits per heavy atom. The molecule has 0 aliphatic heterocycles. The van der Waals surface area contributed by atoms with Crippen LogP contribution in [0.2, 0.25) is 0 Å². The fraction of sp³-hybridized carbons (Fsp3) is 0.154. The van der Waals surface area contributed by atoms with Crippen LogP contribution in [0.4, 0.5) is 5.82 Å². The summed E-state index contributed by atoms with van der Waals surface area (Å²) in [6.07, 6.45) is 1.65. The Morgan fingerprint density at radius 2 is 2.10 bits per heavy atom. The average molecular weight is 323 g/mol. The molecule has 8 heteroatoms. The van der Waals surface area contributed by atoms with Gasteiger partial charge in [0.25, 0.3) is 10.0 Å². The lowest BCUT2D eigenvalue weighted by Gasteiger charge is -2.06. The van der Waals surface area contributed by atoms with Crippen LogP contribution in [0, 0.1) is 0 Å². The van der Waals surface area contributed by atoms with Crippen LogP contribution in [0.15, 0.2) is 41.4 Å². The Bertz CT molecular complexity index is 896. The van der Waals surface area contributed by atoms with E-state index in [4.69, 9.17) is 0 Å². The van der Waals surface area contributed by atoms with E-state index in [1.807, 2.05) is 12.1 Å². The van der Waals surface area contributed by atoms with Gasteiger partial charge in [-0.05, 0) is 6.07 Å². The van der Waals surface area contributed by atoms with Gasteiger partial charge in [-0.2, -0.15) is 5.10 Å². The van der Waals surface area contributed by atoms with Gasteiger partial charge in [-0.25, -0.2) is 8.42 Å². The van der Waals surface area contributed by atoms with Gasteiger partial charge in [0.1, 0.15) is 4.90 Å². The summed E-state index contributed by atoms with van der Waals surface area (Å²) < 4.78 is 30.0. The summed E-state index contributed by atoms with van der Waals surface area (Å²) in [5.41, 5.74) is 0. The Hall–Kier alpha value is -1.90. The molecule has 2 N–H and O–H groups in total. The summed E-state index contributed by atoms with van der Waals surface area (Å²) in [6, 6.07) is 8.75. The number of aromatic nitrogens is 2. The van der Waals surface area contributed by atoms with Crippen molar-refractivity contribution in [1.82, 2.24) is 9.78 Å². The monoisotopic (exact) mass is 323 g/mol. The summed E-state index contributed by atoms with van der Waals surface area (Å²) in [5, 5.41) is 14.1. The number of benzene rings is 1. The zero-order valence-corrected chi connectivity index (χ0v) is 12.8. The Balaban J connectivity index is 2.13. The molecule has 21 heavy (non-hydrogen) atoms. The van der Waals surface area contributed by atoms with Gasteiger partial charge in [-0.1, -0.05) is 18.2 Å². The molecule has 0 atom stereocenters. The highest BCUT2D eigenvalue weighted by Crippen LogP contribution is 2.35. The Labute approximate surface area is 125 Å². The molecule has 0 saturated carbocycles. The zero-order valence-electron chi connectivity index (χ0n) is 11.1. The second kappa shape index (κ2) is 5.14. The Morgan fingerprint density at radius 3 is 2.76 bits per heavy atom. The smallest absolute Gasteiger partial charge is 0.264 e. The number of thiophene rings is 1. The van der Waals surface area contributed by atoms with Crippen LogP contribution in [-0.4, -0.2) is 23.3 Å². The predicted molar refractivity (Wildman–Crippen MR) is 81.8 cm³/mol. The molecule has 0 aliphatic rings. The first-order valence-corrected chi connectivity index (χ1v) is 8.45. The van der Waals surface area contributed by atoms with Crippen LogP contribution in [0.25, 0.3) is 10.1 Å². The fourth-order valence-corrected chi connectivity index (χ4v) is 4.93. The van der Waals surface area contributed by atoms with E-state index in [0.29, 0.717) is 10.3 Å². The van der Waals surface area contributed by atoms with Gasteiger partial charge >= 0.3 is 0 Å². The summed E-state index contributed by atoms with van der Waals surface area (Å²) in [7, 11) is -2.10. The molecule has 3 rings (SSSR count). The molecule has 0 saturated heterocycles. The maximum absolute atomic E-state index is 12.6. The number of aliphatic hydroxyl groups is 1. The van der Waals surface area contributed by atoms with Crippen molar-refractivity contribution in [1.29, 1.82) is 0 Å². The lowest BCUT2D eigenvalue weighted by Crippen LogP contribution is -2.14. The van der Waals surface area contributed by atoms with Crippen molar-refractivity contribution in [2.75, 3.05) is 4.72 Å². The van der Waals surface area contributed by atoms with Gasteiger partial charge in [-0.15, -0.1) is 11.3 Å². The van der Waals surface area contributed by atoms with Crippen molar-refractivity contribution in [2.24, 2.45) is 7.05 Å². The average Bonchev–Trinajstić information content (AvgIpc) is 3.01. The molecule has 110 valence electrons. The third-order valence-corrected chi connectivity index (χ3v) is 5.75. The highest BCUT2D eigenvalue weighted by Gasteiger charge is 2.24. The number of aliphatic hydroxyl groups excluding tert-OH is 1. The van der Waals surface area contributed by atoms with Gasteiger partial charge in [0, 0.05) is 29.4 Å². The van der Waals surface area contributed by atoms with Crippen LogP contribution < -0.4 is 4.72 Å². The number of anilines is 1. The van der Waals surface area contributed by atoms with Crippen LogP contribution in [0.3, 0.4) is 0 Å². The van der Waals surface area contributed by atoms with Crippen LogP contribution in [-0.2, 0) is 23.7 Å². The van der Waals surface area contributed by atoms with Crippen LogP contribution in [0.1, 0.15) is 4.88 Å². The second-order valence-corrected chi connectivity index (χ2v) is 7.24. The minimum Gasteiger partial charge on any atom is -0.391 e. The molecule has 0 unspecified atom stereocenters. The van der Waals surface area contributed by atoms with Crippen molar-refractivity contribution < 1.29 is 13.5 Å². The normalized spacial score (nSPS) is 11.9. The largest absolute Gasteiger partial charge is 0.391 e. The maximum Gasteiger partial charge on any atom is 0.264 e. The first-order valence-electron chi connectivity index (χ1n) is 6.15. The summed E-state index contributed by atoms with van der Waals surface area (Å²) in [6.45, 7) is -0.322. The van der Waals surface area contributed by atoms with E-state index in [1.165, 1.54) is 16.0 Å². The number of fused-ring (bicyclic) bond motifs is 1. The number of hydrogen-bond acceptors (Lipinski definition) is 5. The summed E-state index contributed by atoms with van der Waals surface area (Å²) in [5.74, 6) is 0.247. The van der Waals surface area contributed by atoms with Gasteiger partial charge in [0.05, 0.1) is 11.5 Å². The second-order valence-electron chi connectivity index (χ2n) is 4.49. The first-order chi connectivity index (χ1) is 10.0. The molecule has 1 aromatic carbocycles.